The third-order valence-corrected chi connectivity index (χ3v) is 2.59. The molecule has 0 saturated carbocycles. The normalized spacial score (nSPS) is 10.1. The Hall–Kier alpha value is -2.16. The molecule has 2 aromatic rings. The van der Waals surface area contributed by atoms with E-state index in [1.54, 1.807) is 42.5 Å². The van der Waals surface area contributed by atoms with Crippen molar-refractivity contribution in [3.05, 3.63) is 65.5 Å². The van der Waals surface area contributed by atoms with Crippen LogP contribution in [0.1, 0.15) is 22.8 Å². The fourth-order valence-electron chi connectivity index (χ4n) is 1.58. The Morgan fingerprint density at radius 3 is 2.67 bits per heavy atom. The Bertz CT molecular complexity index is 564. The number of benzene rings is 2. The Morgan fingerprint density at radius 2 is 1.94 bits per heavy atom. The molecular formula is C15H13FO2. The molecule has 0 amide bonds. The smallest absolute Gasteiger partial charge is 0.159 e. The molecule has 3 heteroatoms. The van der Waals surface area contributed by atoms with Gasteiger partial charge >= 0.3 is 0 Å². The maximum atomic E-state index is 13.4. The predicted molar refractivity (Wildman–Crippen MR) is 67.2 cm³/mol. The van der Waals surface area contributed by atoms with E-state index in [2.05, 4.69) is 0 Å². The Balaban J connectivity index is 2.09. The molecule has 0 aliphatic rings. The first kappa shape index (κ1) is 12.3. The van der Waals surface area contributed by atoms with Crippen molar-refractivity contribution in [3.63, 3.8) is 0 Å². The summed E-state index contributed by atoms with van der Waals surface area (Å²) in [6, 6.07) is 13.3. The Morgan fingerprint density at radius 1 is 1.17 bits per heavy atom. The summed E-state index contributed by atoms with van der Waals surface area (Å²) in [5.74, 6) is 0.248. The minimum absolute atomic E-state index is 0.0219. The number of carbonyl (C=O) groups is 1. The maximum absolute atomic E-state index is 13.4. The summed E-state index contributed by atoms with van der Waals surface area (Å²) in [6.45, 7) is 1.64. The van der Waals surface area contributed by atoms with Gasteiger partial charge in [0.25, 0.3) is 0 Å². The molecule has 0 fully saturated rings. The van der Waals surface area contributed by atoms with Crippen molar-refractivity contribution in [3.8, 4) is 5.75 Å². The largest absolute Gasteiger partial charge is 0.489 e. The molecule has 0 aliphatic carbocycles. The van der Waals surface area contributed by atoms with Gasteiger partial charge in [-0.2, -0.15) is 0 Å². The minimum atomic E-state index is -0.291. The summed E-state index contributed by atoms with van der Waals surface area (Å²) in [6.07, 6.45) is 0. The first-order valence-corrected chi connectivity index (χ1v) is 5.64. The molecule has 0 saturated heterocycles. The number of rotatable bonds is 4. The van der Waals surface area contributed by atoms with Gasteiger partial charge in [0.15, 0.2) is 5.78 Å². The quantitative estimate of drug-likeness (QED) is 0.768. The molecule has 2 rings (SSSR count). The summed E-state index contributed by atoms with van der Waals surface area (Å²) >= 11 is 0. The predicted octanol–water partition coefficient (Wildman–Crippen LogP) is 3.61. The van der Waals surface area contributed by atoms with Gasteiger partial charge < -0.3 is 4.74 Å². The second-order valence-electron chi connectivity index (χ2n) is 3.96. The van der Waals surface area contributed by atoms with Gasteiger partial charge in [-0.05, 0) is 25.1 Å². The fourth-order valence-corrected chi connectivity index (χ4v) is 1.58. The molecule has 0 radical (unpaired) electrons. The number of carbonyl (C=O) groups excluding carboxylic acids is 1. The Kier molecular flexibility index (Phi) is 3.72. The van der Waals surface area contributed by atoms with Crippen molar-refractivity contribution in [1.82, 2.24) is 0 Å². The van der Waals surface area contributed by atoms with Crippen molar-refractivity contribution in [1.29, 1.82) is 0 Å². The average molecular weight is 244 g/mol. The van der Waals surface area contributed by atoms with Gasteiger partial charge in [-0.15, -0.1) is 0 Å². The van der Waals surface area contributed by atoms with Crippen molar-refractivity contribution >= 4 is 5.78 Å². The molecule has 92 valence electrons. The fraction of sp³-hybridized carbons (Fsp3) is 0.133. The highest BCUT2D eigenvalue weighted by molar-refractivity contribution is 5.94. The zero-order valence-electron chi connectivity index (χ0n) is 10.0. The van der Waals surface area contributed by atoms with Crippen molar-refractivity contribution < 1.29 is 13.9 Å². The van der Waals surface area contributed by atoms with Crippen LogP contribution in [0.5, 0.6) is 5.75 Å². The first-order valence-electron chi connectivity index (χ1n) is 5.64. The Labute approximate surface area is 105 Å². The summed E-state index contributed by atoms with van der Waals surface area (Å²) in [5.41, 5.74) is 1.08. The van der Waals surface area contributed by atoms with E-state index >= 15 is 0 Å². The molecule has 2 aromatic carbocycles. The molecule has 0 atom stereocenters. The van der Waals surface area contributed by atoms with Gasteiger partial charge in [-0.25, -0.2) is 4.39 Å². The summed E-state index contributed by atoms with van der Waals surface area (Å²) in [7, 11) is 0. The van der Waals surface area contributed by atoms with Crippen molar-refractivity contribution in [2.24, 2.45) is 0 Å². The van der Waals surface area contributed by atoms with Crippen LogP contribution in [0.15, 0.2) is 48.5 Å². The zero-order chi connectivity index (χ0) is 13.0. The van der Waals surface area contributed by atoms with Crippen LogP contribution in [0.4, 0.5) is 4.39 Å². The molecular weight excluding hydrogens is 231 g/mol. The summed E-state index contributed by atoms with van der Waals surface area (Å²) < 4.78 is 18.8. The molecule has 2 nitrogen and oxygen atoms in total. The number of halogens is 1. The van der Waals surface area contributed by atoms with Crippen LogP contribution in [-0.4, -0.2) is 5.78 Å². The van der Waals surface area contributed by atoms with Crippen molar-refractivity contribution in [2.75, 3.05) is 0 Å². The van der Waals surface area contributed by atoms with Crippen LogP contribution < -0.4 is 4.74 Å². The molecule has 0 aliphatic heterocycles. The van der Waals surface area contributed by atoms with Gasteiger partial charge in [0.05, 0.1) is 0 Å². The van der Waals surface area contributed by atoms with E-state index in [0.717, 1.165) is 0 Å². The van der Waals surface area contributed by atoms with Gasteiger partial charge in [0.1, 0.15) is 18.2 Å². The monoisotopic (exact) mass is 244 g/mol. The maximum Gasteiger partial charge on any atom is 0.159 e. The minimum Gasteiger partial charge on any atom is -0.489 e. The lowest BCUT2D eigenvalue weighted by atomic mass is 10.1. The summed E-state index contributed by atoms with van der Waals surface area (Å²) in [4.78, 5) is 11.2. The van der Waals surface area contributed by atoms with Crippen LogP contribution >= 0.6 is 0 Å². The van der Waals surface area contributed by atoms with E-state index in [4.69, 9.17) is 4.74 Å². The lowest BCUT2D eigenvalue weighted by Crippen LogP contribution is -1.99. The number of ketones is 1. The van der Waals surface area contributed by atoms with Crippen LogP contribution in [0, 0.1) is 5.82 Å². The van der Waals surface area contributed by atoms with E-state index < -0.39 is 0 Å². The van der Waals surface area contributed by atoms with Gasteiger partial charge in [0.2, 0.25) is 0 Å². The second kappa shape index (κ2) is 5.45. The molecule has 0 bridgehead atoms. The van der Waals surface area contributed by atoms with Gasteiger partial charge in [-0.1, -0.05) is 30.3 Å². The highest BCUT2D eigenvalue weighted by atomic mass is 19.1. The van der Waals surface area contributed by atoms with E-state index in [-0.39, 0.29) is 18.2 Å². The number of hydrogen-bond acceptors (Lipinski definition) is 2. The third-order valence-electron chi connectivity index (χ3n) is 2.59. The van der Waals surface area contributed by atoms with E-state index in [0.29, 0.717) is 16.9 Å². The highest BCUT2D eigenvalue weighted by Gasteiger charge is 2.04. The van der Waals surface area contributed by atoms with Gasteiger partial charge in [0, 0.05) is 11.1 Å². The molecule has 0 aromatic heterocycles. The average Bonchev–Trinajstić information content (AvgIpc) is 2.38. The number of Topliss-reactive ketones (excluding diaryl/α,β-unsaturated/α-hetero) is 1. The molecule has 0 spiro atoms. The topological polar surface area (TPSA) is 26.3 Å². The van der Waals surface area contributed by atoms with Crippen LogP contribution in [0.2, 0.25) is 0 Å². The highest BCUT2D eigenvalue weighted by Crippen LogP contribution is 2.16. The first-order chi connectivity index (χ1) is 8.66. The zero-order valence-corrected chi connectivity index (χ0v) is 10.0. The SMILES string of the molecule is CC(=O)c1cccc(OCc2ccccc2F)c1. The molecule has 0 heterocycles. The van der Waals surface area contributed by atoms with Crippen molar-refractivity contribution in [2.45, 2.75) is 13.5 Å². The third kappa shape index (κ3) is 2.94. The number of ether oxygens (including phenoxy) is 1. The lowest BCUT2D eigenvalue weighted by Gasteiger charge is -2.07. The van der Waals surface area contributed by atoms with Gasteiger partial charge in [-0.3, -0.25) is 4.79 Å². The van der Waals surface area contributed by atoms with Crippen LogP contribution in [-0.2, 0) is 6.61 Å². The van der Waals surface area contributed by atoms with E-state index in [1.807, 2.05) is 0 Å². The van der Waals surface area contributed by atoms with E-state index in [1.165, 1.54) is 13.0 Å². The number of hydrogen-bond donors (Lipinski definition) is 0. The molecule has 0 unspecified atom stereocenters. The lowest BCUT2D eigenvalue weighted by molar-refractivity contribution is 0.101. The van der Waals surface area contributed by atoms with Crippen LogP contribution in [0.3, 0.4) is 0 Å². The second-order valence-corrected chi connectivity index (χ2v) is 3.96. The standard InChI is InChI=1S/C15H13FO2/c1-11(17)12-6-4-7-14(9-12)18-10-13-5-2-3-8-15(13)16/h2-9H,10H2,1H3. The summed E-state index contributed by atoms with van der Waals surface area (Å²) in [5, 5.41) is 0. The molecule has 0 N–H and O–H groups in total. The molecule has 18 heavy (non-hydrogen) atoms. The van der Waals surface area contributed by atoms with Crippen LogP contribution in [0.25, 0.3) is 0 Å². The van der Waals surface area contributed by atoms with E-state index in [9.17, 15) is 9.18 Å².